The van der Waals surface area contributed by atoms with Crippen molar-refractivity contribution in [1.82, 2.24) is 5.32 Å². The average molecular weight is 289 g/mol. The molecule has 0 aliphatic carbocycles. The fourth-order valence-corrected chi connectivity index (χ4v) is 2.24. The molecule has 20 heavy (non-hydrogen) atoms. The van der Waals surface area contributed by atoms with Crippen LogP contribution in [0.25, 0.3) is 0 Å². The quantitative estimate of drug-likeness (QED) is 0.851. The smallest absolute Gasteiger partial charge is 0.416 e. The van der Waals surface area contributed by atoms with Gasteiger partial charge in [-0.2, -0.15) is 13.2 Å². The molecule has 1 aliphatic rings. The predicted molar refractivity (Wildman–Crippen MR) is 66.5 cm³/mol. The van der Waals surface area contributed by atoms with Gasteiger partial charge in [0.1, 0.15) is 11.6 Å². The van der Waals surface area contributed by atoms with E-state index in [-0.39, 0.29) is 5.56 Å². The van der Waals surface area contributed by atoms with Crippen LogP contribution in [0.15, 0.2) is 30.0 Å². The van der Waals surface area contributed by atoms with E-state index in [9.17, 15) is 17.6 Å². The van der Waals surface area contributed by atoms with Gasteiger partial charge in [-0.25, -0.2) is 4.39 Å². The molecule has 1 heterocycles. The van der Waals surface area contributed by atoms with Crippen LogP contribution in [0.4, 0.5) is 17.6 Å². The number of likely N-dealkylation sites (N-methyl/N-ethyl adjacent to an activating group) is 1. The van der Waals surface area contributed by atoms with Gasteiger partial charge in [-0.05, 0) is 36.4 Å². The summed E-state index contributed by atoms with van der Waals surface area (Å²) in [5, 5.41) is 2.92. The SMILES string of the molecule is CCNC(C1=CCCO1)c1cc(F)ccc1C(F)(F)F. The maximum Gasteiger partial charge on any atom is 0.416 e. The van der Waals surface area contributed by atoms with Gasteiger partial charge < -0.3 is 10.1 Å². The molecule has 1 unspecified atom stereocenters. The molecule has 1 aliphatic heterocycles. The second-order valence-electron chi connectivity index (χ2n) is 4.46. The summed E-state index contributed by atoms with van der Waals surface area (Å²) in [5.41, 5.74) is -0.992. The zero-order valence-corrected chi connectivity index (χ0v) is 10.9. The Kier molecular flexibility index (Phi) is 4.32. The van der Waals surface area contributed by atoms with Crippen LogP contribution >= 0.6 is 0 Å². The van der Waals surface area contributed by atoms with Gasteiger partial charge in [-0.15, -0.1) is 0 Å². The van der Waals surface area contributed by atoms with Crippen LogP contribution in [0.2, 0.25) is 0 Å². The van der Waals surface area contributed by atoms with Crippen molar-refractivity contribution in [2.24, 2.45) is 0 Å². The van der Waals surface area contributed by atoms with Gasteiger partial charge in [-0.3, -0.25) is 0 Å². The molecule has 1 N–H and O–H groups in total. The van der Waals surface area contributed by atoms with Gasteiger partial charge in [0.05, 0.1) is 18.2 Å². The summed E-state index contributed by atoms with van der Waals surface area (Å²) in [6.45, 7) is 2.65. The Morgan fingerprint density at radius 1 is 1.35 bits per heavy atom. The third-order valence-electron chi connectivity index (χ3n) is 3.05. The van der Waals surface area contributed by atoms with Gasteiger partial charge in [-0.1, -0.05) is 6.92 Å². The number of hydrogen-bond acceptors (Lipinski definition) is 2. The topological polar surface area (TPSA) is 21.3 Å². The Morgan fingerprint density at radius 3 is 2.65 bits per heavy atom. The minimum Gasteiger partial charge on any atom is -0.496 e. The molecule has 0 amide bonds. The highest BCUT2D eigenvalue weighted by molar-refractivity contribution is 5.37. The molecule has 1 aromatic rings. The average Bonchev–Trinajstić information content (AvgIpc) is 2.87. The molecule has 0 radical (unpaired) electrons. The number of rotatable bonds is 4. The highest BCUT2D eigenvalue weighted by Crippen LogP contribution is 2.38. The van der Waals surface area contributed by atoms with Gasteiger partial charge in [0, 0.05) is 6.42 Å². The number of ether oxygens (including phenoxy) is 1. The minimum atomic E-state index is -4.53. The van der Waals surface area contributed by atoms with E-state index in [0.717, 1.165) is 18.2 Å². The van der Waals surface area contributed by atoms with Crippen LogP contribution in [0.5, 0.6) is 0 Å². The zero-order valence-electron chi connectivity index (χ0n) is 10.9. The lowest BCUT2D eigenvalue weighted by Gasteiger charge is -2.23. The molecule has 0 saturated carbocycles. The number of hydrogen-bond donors (Lipinski definition) is 1. The van der Waals surface area contributed by atoms with Crippen LogP contribution in [0.3, 0.4) is 0 Å². The Bertz CT molecular complexity index is 510. The molecule has 2 nitrogen and oxygen atoms in total. The monoisotopic (exact) mass is 289 g/mol. The summed E-state index contributed by atoms with van der Waals surface area (Å²) in [6, 6.07) is 1.72. The summed E-state index contributed by atoms with van der Waals surface area (Å²) < 4.78 is 57.9. The fourth-order valence-electron chi connectivity index (χ4n) is 2.24. The molecule has 1 atom stereocenters. The van der Waals surface area contributed by atoms with Crippen molar-refractivity contribution in [3.05, 3.63) is 47.0 Å². The van der Waals surface area contributed by atoms with E-state index in [4.69, 9.17) is 4.74 Å². The molecule has 2 rings (SSSR count). The Morgan fingerprint density at radius 2 is 2.10 bits per heavy atom. The van der Waals surface area contributed by atoms with Crippen molar-refractivity contribution in [2.45, 2.75) is 25.6 Å². The van der Waals surface area contributed by atoms with E-state index in [2.05, 4.69) is 5.32 Å². The van der Waals surface area contributed by atoms with Crippen molar-refractivity contribution in [2.75, 3.05) is 13.2 Å². The van der Waals surface area contributed by atoms with Gasteiger partial charge >= 0.3 is 6.18 Å². The summed E-state index contributed by atoms with van der Waals surface area (Å²) in [4.78, 5) is 0. The Labute approximate surface area is 114 Å². The molecule has 6 heteroatoms. The second kappa shape index (κ2) is 5.83. The Hall–Kier alpha value is -1.56. The Balaban J connectivity index is 2.48. The lowest BCUT2D eigenvalue weighted by atomic mass is 9.97. The standard InChI is InChI=1S/C14H15F4NO/c1-2-19-13(12-4-3-7-20-12)10-8-9(15)5-6-11(10)14(16,17)18/h4-6,8,13,19H,2-3,7H2,1H3. The molecule has 0 bridgehead atoms. The lowest BCUT2D eigenvalue weighted by molar-refractivity contribution is -0.138. The molecule has 0 spiro atoms. The number of alkyl halides is 3. The zero-order chi connectivity index (χ0) is 14.8. The maximum absolute atomic E-state index is 13.4. The number of benzene rings is 1. The van der Waals surface area contributed by atoms with E-state index < -0.39 is 23.6 Å². The fraction of sp³-hybridized carbons (Fsp3) is 0.429. The highest BCUT2D eigenvalue weighted by atomic mass is 19.4. The lowest BCUT2D eigenvalue weighted by Crippen LogP contribution is -2.26. The first-order valence-electron chi connectivity index (χ1n) is 6.36. The maximum atomic E-state index is 13.4. The van der Waals surface area contributed by atoms with Gasteiger partial charge in [0.25, 0.3) is 0 Å². The summed E-state index contributed by atoms with van der Waals surface area (Å²) in [7, 11) is 0. The normalized spacial score (nSPS) is 16.8. The first-order valence-corrected chi connectivity index (χ1v) is 6.36. The third kappa shape index (κ3) is 3.12. The van der Waals surface area contributed by atoms with E-state index in [1.165, 1.54) is 0 Å². The van der Waals surface area contributed by atoms with Crippen LogP contribution in [0, 0.1) is 5.82 Å². The molecule has 0 fully saturated rings. The van der Waals surface area contributed by atoms with E-state index in [1.54, 1.807) is 13.0 Å². The second-order valence-corrected chi connectivity index (χ2v) is 4.46. The molecule has 1 aromatic carbocycles. The molecular formula is C14H15F4NO. The van der Waals surface area contributed by atoms with E-state index >= 15 is 0 Å². The van der Waals surface area contributed by atoms with Crippen LogP contribution in [0.1, 0.15) is 30.5 Å². The summed E-state index contributed by atoms with van der Waals surface area (Å²) >= 11 is 0. The van der Waals surface area contributed by atoms with Crippen LogP contribution < -0.4 is 5.32 Å². The van der Waals surface area contributed by atoms with E-state index in [0.29, 0.717) is 25.3 Å². The first-order chi connectivity index (χ1) is 9.43. The van der Waals surface area contributed by atoms with Crippen LogP contribution in [-0.4, -0.2) is 13.2 Å². The molecule has 0 aromatic heterocycles. The van der Waals surface area contributed by atoms with Crippen molar-refractivity contribution in [3.63, 3.8) is 0 Å². The number of halogens is 4. The number of nitrogens with one attached hydrogen (secondary N) is 1. The summed E-state index contributed by atoms with van der Waals surface area (Å²) in [6.07, 6.45) is -2.15. The summed E-state index contributed by atoms with van der Waals surface area (Å²) in [5.74, 6) is -0.280. The largest absolute Gasteiger partial charge is 0.496 e. The van der Waals surface area contributed by atoms with Crippen molar-refractivity contribution >= 4 is 0 Å². The molecule has 0 saturated heterocycles. The van der Waals surface area contributed by atoms with Gasteiger partial charge in [0.2, 0.25) is 0 Å². The third-order valence-corrected chi connectivity index (χ3v) is 3.05. The van der Waals surface area contributed by atoms with Crippen molar-refractivity contribution in [3.8, 4) is 0 Å². The van der Waals surface area contributed by atoms with Crippen LogP contribution in [-0.2, 0) is 10.9 Å². The highest BCUT2D eigenvalue weighted by Gasteiger charge is 2.36. The minimum absolute atomic E-state index is 0.146. The van der Waals surface area contributed by atoms with Crippen molar-refractivity contribution in [1.29, 1.82) is 0 Å². The predicted octanol–water partition coefficient (Wildman–Crippen LogP) is 3.80. The van der Waals surface area contributed by atoms with E-state index in [1.807, 2.05) is 0 Å². The molecular weight excluding hydrogens is 274 g/mol. The molecule has 110 valence electrons. The first kappa shape index (κ1) is 14.8. The van der Waals surface area contributed by atoms with Gasteiger partial charge in [0.15, 0.2) is 0 Å². The van der Waals surface area contributed by atoms with Crippen molar-refractivity contribution < 1.29 is 22.3 Å².